The van der Waals surface area contributed by atoms with Gasteiger partial charge in [0.05, 0.1) is 15.8 Å². The van der Waals surface area contributed by atoms with E-state index in [9.17, 15) is 18.0 Å². The van der Waals surface area contributed by atoms with Crippen molar-refractivity contribution in [2.45, 2.75) is 81.6 Å². The van der Waals surface area contributed by atoms with Crippen LogP contribution in [0.2, 0.25) is 5.02 Å². The molecule has 8 heteroatoms. The second-order valence-corrected chi connectivity index (χ2v) is 13.2. The molecular weight excluding hydrogens is 448 g/mol. The largest absolute Gasteiger partial charge is 0.369 e. The zero-order chi connectivity index (χ0) is 22.9. The van der Waals surface area contributed by atoms with E-state index in [-0.39, 0.29) is 22.0 Å². The number of carbonyl (C=O) groups is 2. The van der Waals surface area contributed by atoms with Gasteiger partial charge in [-0.2, -0.15) is 4.72 Å². The van der Waals surface area contributed by atoms with E-state index in [4.69, 9.17) is 17.3 Å². The monoisotopic (exact) mass is 478 g/mol. The van der Waals surface area contributed by atoms with Gasteiger partial charge in [0, 0.05) is 11.4 Å². The van der Waals surface area contributed by atoms with E-state index in [0.29, 0.717) is 48.1 Å². The number of hydrogen-bond donors (Lipinski definition) is 2. The first-order valence-electron chi connectivity index (χ1n) is 11.6. The van der Waals surface area contributed by atoms with Gasteiger partial charge in [-0.05, 0) is 99.7 Å². The average molecular weight is 479 g/mol. The van der Waals surface area contributed by atoms with E-state index >= 15 is 0 Å². The minimum atomic E-state index is -3.90. The van der Waals surface area contributed by atoms with Crippen LogP contribution in [0.4, 0.5) is 0 Å². The van der Waals surface area contributed by atoms with Gasteiger partial charge in [0.25, 0.3) is 0 Å². The summed E-state index contributed by atoms with van der Waals surface area (Å²) in [4.78, 5) is 26.2. The number of benzene rings is 1. The van der Waals surface area contributed by atoms with Gasteiger partial charge in [-0.15, -0.1) is 0 Å². The Kier molecular flexibility index (Phi) is 5.08. The Bertz CT molecular complexity index is 1080. The van der Waals surface area contributed by atoms with E-state index in [1.165, 1.54) is 6.07 Å². The fraction of sp³-hybridized carbons (Fsp3) is 0.667. The number of rotatable bonds is 7. The lowest BCUT2D eigenvalue weighted by molar-refractivity contribution is -0.159. The molecule has 0 aliphatic heterocycles. The molecular formula is C24H31ClN2O4S. The molecule has 32 heavy (non-hydrogen) atoms. The van der Waals surface area contributed by atoms with E-state index in [2.05, 4.69) is 4.72 Å². The van der Waals surface area contributed by atoms with Crippen LogP contribution in [0.1, 0.15) is 69.8 Å². The number of sulfonamides is 1. The molecule has 2 unspecified atom stereocenters. The number of halogens is 1. The molecule has 5 fully saturated rings. The molecule has 1 amide bonds. The summed E-state index contributed by atoms with van der Waals surface area (Å²) in [6.45, 7) is 1.67. The number of Topliss-reactive ketones (excluding diaryl/α,β-unsaturated/α-hetero) is 1. The van der Waals surface area contributed by atoms with Crippen LogP contribution >= 0.6 is 11.6 Å². The summed E-state index contributed by atoms with van der Waals surface area (Å²) in [6, 6.07) is 4.79. The maximum Gasteiger partial charge on any atom is 0.241 e. The molecule has 5 saturated carbocycles. The molecule has 0 radical (unpaired) electrons. The van der Waals surface area contributed by atoms with Crippen LogP contribution in [0.15, 0.2) is 23.1 Å². The highest BCUT2D eigenvalue weighted by molar-refractivity contribution is 7.89. The number of amides is 1. The number of nitrogens with one attached hydrogen (secondary N) is 1. The first-order valence-corrected chi connectivity index (χ1v) is 13.5. The smallest absolute Gasteiger partial charge is 0.241 e. The van der Waals surface area contributed by atoms with Crippen LogP contribution in [-0.4, -0.2) is 25.6 Å². The average Bonchev–Trinajstić information content (AvgIpc) is 2.65. The van der Waals surface area contributed by atoms with Crippen molar-refractivity contribution in [3.05, 3.63) is 28.8 Å². The van der Waals surface area contributed by atoms with Crippen molar-refractivity contribution in [3.8, 4) is 0 Å². The predicted molar refractivity (Wildman–Crippen MR) is 121 cm³/mol. The van der Waals surface area contributed by atoms with Crippen LogP contribution in [0, 0.1) is 29.6 Å². The first kappa shape index (κ1) is 22.4. The minimum Gasteiger partial charge on any atom is -0.369 e. The lowest BCUT2D eigenvalue weighted by atomic mass is 9.43. The summed E-state index contributed by atoms with van der Waals surface area (Å²) in [7, 11) is -3.90. The Morgan fingerprint density at radius 2 is 1.81 bits per heavy atom. The molecule has 3 N–H and O–H groups in total. The third-order valence-corrected chi connectivity index (χ3v) is 10.9. The van der Waals surface area contributed by atoms with Crippen molar-refractivity contribution in [1.29, 1.82) is 0 Å². The van der Waals surface area contributed by atoms with Crippen LogP contribution in [-0.2, 0) is 19.6 Å². The van der Waals surface area contributed by atoms with E-state index in [0.717, 1.165) is 38.5 Å². The normalized spacial score (nSPS) is 34.8. The minimum absolute atomic E-state index is 0.0337. The van der Waals surface area contributed by atoms with Crippen molar-refractivity contribution in [1.82, 2.24) is 4.72 Å². The Balaban J connectivity index is 1.40. The molecule has 0 aromatic heterocycles. The summed E-state index contributed by atoms with van der Waals surface area (Å²) in [5.74, 6) is 0.631. The third kappa shape index (κ3) is 3.43. The number of primary amides is 1. The van der Waals surface area contributed by atoms with Gasteiger partial charge in [-0.1, -0.05) is 17.7 Å². The molecule has 6 nitrogen and oxygen atoms in total. The Labute approximate surface area is 194 Å². The van der Waals surface area contributed by atoms with Crippen molar-refractivity contribution >= 4 is 33.3 Å². The van der Waals surface area contributed by atoms with E-state index in [1.54, 1.807) is 19.1 Å². The molecule has 6 rings (SSSR count). The highest BCUT2D eigenvalue weighted by atomic mass is 35.5. The molecule has 0 heterocycles. The van der Waals surface area contributed by atoms with Crippen molar-refractivity contribution in [2.24, 2.45) is 28.4 Å². The summed E-state index contributed by atoms with van der Waals surface area (Å²) in [5, 5.41) is 0.382. The summed E-state index contributed by atoms with van der Waals surface area (Å²) < 4.78 is 29.3. The van der Waals surface area contributed by atoms with Gasteiger partial charge in [-0.25, -0.2) is 8.42 Å². The first-order chi connectivity index (χ1) is 15.0. The molecule has 5 aliphatic carbocycles. The van der Waals surface area contributed by atoms with Crippen molar-refractivity contribution in [3.63, 3.8) is 0 Å². The maximum atomic E-state index is 13.7. The molecule has 2 atom stereocenters. The fourth-order valence-corrected chi connectivity index (χ4v) is 9.56. The second-order valence-electron chi connectivity index (χ2n) is 11.1. The highest BCUT2D eigenvalue weighted by Gasteiger charge is 2.61. The number of nitrogens with two attached hydrogens (primary N) is 1. The van der Waals surface area contributed by atoms with E-state index < -0.39 is 21.0 Å². The zero-order valence-corrected chi connectivity index (χ0v) is 20.0. The lowest BCUT2D eigenvalue weighted by Crippen LogP contribution is -2.62. The van der Waals surface area contributed by atoms with Crippen molar-refractivity contribution < 1.29 is 18.0 Å². The van der Waals surface area contributed by atoms with Gasteiger partial charge >= 0.3 is 0 Å². The molecule has 5 aliphatic rings. The molecule has 4 bridgehead atoms. The van der Waals surface area contributed by atoms with Crippen molar-refractivity contribution in [2.75, 3.05) is 0 Å². The predicted octanol–water partition coefficient (Wildman–Crippen LogP) is 3.88. The van der Waals surface area contributed by atoms with Gasteiger partial charge in [0.2, 0.25) is 15.9 Å². The Hall–Kier alpha value is -1.44. The molecule has 174 valence electrons. The summed E-state index contributed by atoms with van der Waals surface area (Å²) in [6.07, 6.45) is 7.53. The molecule has 0 saturated heterocycles. The number of carbonyl (C=O) groups excluding carboxylic acids is 2. The van der Waals surface area contributed by atoms with Crippen LogP contribution in [0.25, 0.3) is 0 Å². The Morgan fingerprint density at radius 1 is 1.16 bits per heavy atom. The van der Waals surface area contributed by atoms with Gasteiger partial charge < -0.3 is 5.73 Å². The standard InChI is InChI=1S/C24H31ClN2O4S/c1-15-18(25)4-2-5-19(15)32(30,31)27-24(6-3-7-24)20(28)13-22-9-16-8-17(10-22)12-23(11-16,14-22)21(26)29/h2,4-5,16-17,27H,3,6-14H2,1H3,(H2,26,29). The Morgan fingerprint density at radius 3 is 2.38 bits per heavy atom. The van der Waals surface area contributed by atoms with Gasteiger partial charge in [0.1, 0.15) is 0 Å². The van der Waals surface area contributed by atoms with Gasteiger partial charge in [0.15, 0.2) is 5.78 Å². The lowest BCUT2D eigenvalue weighted by Gasteiger charge is -2.61. The SMILES string of the molecule is Cc1c(Cl)cccc1S(=O)(=O)NC1(C(=O)CC23CC4CC(C2)CC(C(N)=O)(C4)C3)CCC1. The third-order valence-electron chi connectivity index (χ3n) is 8.82. The zero-order valence-electron chi connectivity index (χ0n) is 18.5. The number of ketones is 1. The topological polar surface area (TPSA) is 106 Å². The quantitative estimate of drug-likeness (QED) is 0.620. The van der Waals surface area contributed by atoms with Crippen LogP contribution in [0.3, 0.4) is 0 Å². The molecule has 0 spiro atoms. The van der Waals surface area contributed by atoms with Crippen LogP contribution in [0.5, 0.6) is 0 Å². The second kappa shape index (κ2) is 7.28. The summed E-state index contributed by atoms with van der Waals surface area (Å²) >= 11 is 6.15. The van der Waals surface area contributed by atoms with Gasteiger partial charge in [-0.3, -0.25) is 9.59 Å². The maximum absolute atomic E-state index is 13.7. The molecule has 1 aromatic carbocycles. The molecule has 1 aromatic rings. The highest BCUT2D eigenvalue weighted by Crippen LogP contribution is 2.66. The van der Waals surface area contributed by atoms with Crippen LogP contribution < -0.4 is 10.5 Å². The number of hydrogen-bond acceptors (Lipinski definition) is 4. The van der Waals surface area contributed by atoms with E-state index in [1.807, 2.05) is 0 Å². The summed E-state index contributed by atoms with van der Waals surface area (Å²) in [5.41, 5.74) is 4.57. The fourth-order valence-electron chi connectivity index (χ4n) is 7.62.